The first kappa shape index (κ1) is 24.8. The van der Waals surface area contributed by atoms with E-state index in [2.05, 4.69) is 4.98 Å². The molecule has 4 aromatic rings. The van der Waals surface area contributed by atoms with Gasteiger partial charge in [-0.1, -0.05) is 23.9 Å². The first-order chi connectivity index (χ1) is 17.2. The van der Waals surface area contributed by atoms with Gasteiger partial charge in [0.25, 0.3) is 11.1 Å². The third kappa shape index (κ3) is 4.15. The van der Waals surface area contributed by atoms with Gasteiger partial charge in [-0.15, -0.1) is 0 Å². The Labute approximate surface area is 208 Å². The van der Waals surface area contributed by atoms with Crippen LogP contribution in [0.3, 0.4) is 0 Å². The molecule has 0 saturated heterocycles. The maximum absolute atomic E-state index is 13.6. The number of Topliss-reactive ketones (excluding diaryl/α,β-unsaturated/α-hetero) is 1. The highest BCUT2D eigenvalue weighted by Gasteiger charge is 2.23. The van der Waals surface area contributed by atoms with E-state index in [1.807, 2.05) is 0 Å². The fraction of sp³-hybridized carbons (Fsp3) is 0.208. The van der Waals surface area contributed by atoms with E-state index < -0.39 is 17.0 Å². The summed E-state index contributed by atoms with van der Waals surface area (Å²) >= 11 is 0.955. The standard InChI is InChI=1S/C24H23N5O6S/c1-27-20(25)19(22(32)28(2)24(27)33)17(30)12-36-23-26-15-8-6-5-7-14(15)21(31)29(23)16-11-13(34-3)9-10-18(16)35-4/h5-11H,12,25H2,1-4H3. The fourth-order valence-corrected chi connectivity index (χ4v) is 4.60. The van der Waals surface area contributed by atoms with Crippen LogP contribution >= 0.6 is 11.8 Å². The number of benzene rings is 2. The molecule has 2 aromatic carbocycles. The molecule has 0 bridgehead atoms. The van der Waals surface area contributed by atoms with Gasteiger partial charge in [0, 0.05) is 20.2 Å². The molecule has 2 aromatic heterocycles. The molecule has 2 heterocycles. The van der Waals surface area contributed by atoms with Crippen molar-refractivity contribution in [2.45, 2.75) is 5.16 Å². The topological polar surface area (TPSA) is 140 Å². The van der Waals surface area contributed by atoms with Crippen molar-refractivity contribution in [3.8, 4) is 17.2 Å². The SMILES string of the molecule is COc1ccc(OC)c(-n2c(SCC(=O)c3c(N)n(C)c(=O)n(C)c3=O)nc3ccccc3c2=O)c1. The number of nitrogen functional groups attached to an aromatic ring is 1. The average molecular weight is 510 g/mol. The molecule has 11 nitrogen and oxygen atoms in total. The van der Waals surface area contributed by atoms with Gasteiger partial charge in [0.15, 0.2) is 10.9 Å². The van der Waals surface area contributed by atoms with Crippen LogP contribution in [0.5, 0.6) is 11.5 Å². The number of methoxy groups -OCH3 is 2. The quantitative estimate of drug-likeness (QED) is 0.222. The number of anilines is 1. The lowest BCUT2D eigenvalue weighted by Crippen LogP contribution is -2.41. The van der Waals surface area contributed by atoms with Crippen LogP contribution in [-0.4, -0.2) is 44.4 Å². The van der Waals surface area contributed by atoms with Crippen molar-refractivity contribution < 1.29 is 14.3 Å². The number of aromatic nitrogens is 4. The zero-order valence-electron chi connectivity index (χ0n) is 20.0. The van der Waals surface area contributed by atoms with E-state index in [0.29, 0.717) is 28.1 Å². The smallest absolute Gasteiger partial charge is 0.332 e. The average Bonchev–Trinajstić information content (AvgIpc) is 2.89. The van der Waals surface area contributed by atoms with Crippen molar-refractivity contribution in [2.24, 2.45) is 14.1 Å². The predicted molar refractivity (Wildman–Crippen MR) is 137 cm³/mol. The molecule has 0 spiro atoms. The monoisotopic (exact) mass is 509 g/mol. The molecule has 12 heteroatoms. The number of rotatable bonds is 7. The molecule has 0 saturated carbocycles. The van der Waals surface area contributed by atoms with E-state index in [1.54, 1.807) is 42.5 Å². The van der Waals surface area contributed by atoms with Crippen LogP contribution in [0, 0.1) is 0 Å². The zero-order valence-corrected chi connectivity index (χ0v) is 20.8. The maximum atomic E-state index is 13.6. The second kappa shape index (κ2) is 9.74. The molecule has 0 radical (unpaired) electrons. The van der Waals surface area contributed by atoms with E-state index >= 15 is 0 Å². The Morgan fingerprint density at radius 1 is 1.00 bits per heavy atom. The Bertz CT molecular complexity index is 1690. The van der Waals surface area contributed by atoms with Gasteiger partial charge in [-0.3, -0.25) is 28.1 Å². The van der Waals surface area contributed by atoms with Gasteiger partial charge < -0.3 is 15.2 Å². The molecule has 186 valence electrons. The molecule has 36 heavy (non-hydrogen) atoms. The minimum absolute atomic E-state index is 0.193. The van der Waals surface area contributed by atoms with Gasteiger partial charge in [0.1, 0.15) is 22.9 Å². The Kier molecular flexibility index (Phi) is 6.71. The number of carbonyl (C=O) groups is 1. The van der Waals surface area contributed by atoms with Crippen molar-refractivity contribution in [3.63, 3.8) is 0 Å². The van der Waals surface area contributed by atoms with Crippen LogP contribution in [0.2, 0.25) is 0 Å². The van der Waals surface area contributed by atoms with Gasteiger partial charge in [-0.2, -0.15) is 0 Å². The van der Waals surface area contributed by atoms with Crippen molar-refractivity contribution >= 4 is 34.3 Å². The van der Waals surface area contributed by atoms with E-state index in [1.165, 1.54) is 32.9 Å². The highest BCUT2D eigenvalue weighted by Crippen LogP contribution is 2.30. The van der Waals surface area contributed by atoms with Gasteiger partial charge >= 0.3 is 5.69 Å². The zero-order chi connectivity index (χ0) is 26.1. The normalized spacial score (nSPS) is 11.0. The number of ketones is 1. The number of ether oxygens (including phenoxy) is 2. The number of para-hydroxylation sites is 1. The molecular weight excluding hydrogens is 486 g/mol. The number of hydrogen-bond acceptors (Lipinski definition) is 9. The van der Waals surface area contributed by atoms with Crippen LogP contribution in [0.4, 0.5) is 5.82 Å². The third-order valence-corrected chi connectivity index (χ3v) is 6.63. The maximum Gasteiger partial charge on any atom is 0.332 e. The summed E-state index contributed by atoms with van der Waals surface area (Å²) in [7, 11) is 5.61. The van der Waals surface area contributed by atoms with Crippen molar-refractivity contribution in [2.75, 3.05) is 25.7 Å². The summed E-state index contributed by atoms with van der Waals surface area (Å²) in [6.45, 7) is 0. The molecule has 0 fully saturated rings. The third-order valence-electron chi connectivity index (χ3n) is 5.69. The van der Waals surface area contributed by atoms with Crippen LogP contribution in [-0.2, 0) is 14.1 Å². The summed E-state index contributed by atoms with van der Waals surface area (Å²) < 4.78 is 14.0. The van der Waals surface area contributed by atoms with Gasteiger partial charge in [0.05, 0.1) is 36.6 Å². The van der Waals surface area contributed by atoms with Gasteiger partial charge in [-0.25, -0.2) is 9.78 Å². The molecule has 2 N–H and O–H groups in total. The summed E-state index contributed by atoms with van der Waals surface area (Å²) in [6, 6.07) is 11.8. The van der Waals surface area contributed by atoms with Crippen molar-refractivity contribution in [1.82, 2.24) is 18.7 Å². The Balaban J connectivity index is 1.86. The molecule has 4 rings (SSSR count). The van der Waals surface area contributed by atoms with Crippen LogP contribution in [0.1, 0.15) is 10.4 Å². The lowest BCUT2D eigenvalue weighted by Gasteiger charge is -2.17. The predicted octanol–water partition coefficient (Wildman–Crippen LogP) is 1.36. The summed E-state index contributed by atoms with van der Waals surface area (Å²) in [6.07, 6.45) is 0. The van der Waals surface area contributed by atoms with Crippen LogP contribution in [0.15, 0.2) is 62.0 Å². The first-order valence-electron chi connectivity index (χ1n) is 10.6. The molecule has 0 aliphatic carbocycles. The molecule has 0 atom stereocenters. The van der Waals surface area contributed by atoms with E-state index in [0.717, 1.165) is 20.9 Å². The minimum Gasteiger partial charge on any atom is -0.497 e. The molecular formula is C24H23N5O6S. The summed E-state index contributed by atoms with van der Waals surface area (Å²) in [5.74, 6) is -0.236. The van der Waals surface area contributed by atoms with E-state index in [4.69, 9.17) is 15.2 Å². The van der Waals surface area contributed by atoms with Crippen molar-refractivity contribution in [3.05, 3.63) is 79.2 Å². The fourth-order valence-electron chi connectivity index (χ4n) is 3.72. The largest absolute Gasteiger partial charge is 0.497 e. The highest BCUT2D eigenvalue weighted by molar-refractivity contribution is 7.99. The van der Waals surface area contributed by atoms with Gasteiger partial charge in [-0.05, 0) is 24.3 Å². The molecule has 0 unspecified atom stereocenters. The highest BCUT2D eigenvalue weighted by atomic mass is 32.2. The molecule has 0 amide bonds. The lowest BCUT2D eigenvalue weighted by molar-refractivity contribution is 0.102. The Hall–Kier alpha value is -4.32. The summed E-state index contributed by atoms with van der Waals surface area (Å²) in [5, 5.41) is 0.563. The summed E-state index contributed by atoms with van der Waals surface area (Å²) in [5.41, 5.74) is 4.62. The van der Waals surface area contributed by atoms with E-state index in [-0.39, 0.29) is 27.8 Å². The number of carbonyl (C=O) groups excluding carboxylic acids is 1. The van der Waals surface area contributed by atoms with Gasteiger partial charge in [0.2, 0.25) is 0 Å². The Morgan fingerprint density at radius 3 is 2.42 bits per heavy atom. The van der Waals surface area contributed by atoms with E-state index in [9.17, 15) is 19.2 Å². The molecule has 0 aliphatic rings. The minimum atomic E-state index is -0.792. The number of fused-ring (bicyclic) bond motifs is 1. The first-order valence-corrected chi connectivity index (χ1v) is 11.6. The lowest BCUT2D eigenvalue weighted by atomic mass is 10.2. The van der Waals surface area contributed by atoms with Crippen LogP contribution < -0.4 is 32.0 Å². The number of thioether (sulfide) groups is 1. The van der Waals surface area contributed by atoms with Crippen LogP contribution in [0.25, 0.3) is 16.6 Å². The summed E-state index contributed by atoms with van der Waals surface area (Å²) in [4.78, 5) is 56.0. The second-order valence-electron chi connectivity index (χ2n) is 7.77. The van der Waals surface area contributed by atoms with Crippen molar-refractivity contribution in [1.29, 1.82) is 0 Å². The second-order valence-corrected chi connectivity index (χ2v) is 8.71. The molecule has 0 aliphatic heterocycles. The number of hydrogen-bond donors (Lipinski definition) is 1. The number of nitrogens with zero attached hydrogens (tertiary/aromatic N) is 4. The Morgan fingerprint density at radius 2 is 1.72 bits per heavy atom. The number of nitrogens with two attached hydrogens (primary N) is 1.